The fraction of sp³-hybridized carbons (Fsp3) is 0.259. The summed E-state index contributed by atoms with van der Waals surface area (Å²) in [6.07, 6.45) is -0.658. The van der Waals surface area contributed by atoms with Gasteiger partial charge in [0.25, 0.3) is 0 Å². The number of aliphatic hydroxyl groups is 1. The molecule has 0 saturated carbocycles. The van der Waals surface area contributed by atoms with E-state index in [1.54, 1.807) is 18.2 Å². The van der Waals surface area contributed by atoms with Crippen LogP contribution in [0.4, 0.5) is 0 Å². The monoisotopic (exact) mass is 483 g/mol. The zero-order valence-corrected chi connectivity index (χ0v) is 20.1. The largest absolute Gasteiger partial charge is 0.422 e. The molecule has 0 saturated heterocycles. The fourth-order valence-corrected chi connectivity index (χ4v) is 3.20. The predicted octanol–water partition coefficient (Wildman–Crippen LogP) is 4.44. The average molecular weight is 484 g/mol. The van der Waals surface area contributed by atoms with Crippen molar-refractivity contribution in [2.75, 3.05) is 6.54 Å². The molecule has 0 fully saturated rings. The van der Waals surface area contributed by atoms with Crippen LogP contribution in [0, 0.1) is 0 Å². The van der Waals surface area contributed by atoms with E-state index in [2.05, 4.69) is 5.32 Å². The standard InChI is InChI=1S/C27H29NO5.ClH/c1-19(2)28-18-23(29)22-13-14-24(32-26(30)15-20-9-5-3-6-10-20)25(17-22)33-27(31)16-21-11-7-4-8-12-21;/h3-14,17,19,23,28-29H,15-16,18H2,1-2H3;1H. The van der Waals surface area contributed by atoms with Crippen molar-refractivity contribution >= 4 is 24.3 Å². The third kappa shape index (κ3) is 8.63. The Morgan fingerprint density at radius 1 is 0.794 bits per heavy atom. The van der Waals surface area contributed by atoms with Crippen molar-refractivity contribution in [3.8, 4) is 11.5 Å². The first-order valence-corrected chi connectivity index (χ1v) is 11.0. The van der Waals surface area contributed by atoms with Gasteiger partial charge in [0.1, 0.15) is 0 Å². The van der Waals surface area contributed by atoms with Crippen molar-refractivity contribution in [3.63, 3.8) is 0 Å². The van der Waals surface area contributed by atoms with E-state index < -0.39 is 18.0 Å². The van der Waals surface area contributed by atoms with Crippen LogP contribution in [0.1, 0.15) is 36.6 Å². The highest BCUT2D eigenvalue weighted by Crippen LogP contribution is 2.31. The maximum atomic E-state index is 12.6. The molecule has 2 N–H and O–H groups in total. The summed E-state index contributed by atoms with van der Waals surface area (Å²) < 4.78 is 11.1. The van der Waals surface area contributed by atoms with Crippen molar-refractivity contribution in [2.45, 2.75) is 38.8 Å². The van der Waals surface area contributed by atoms with Crippen molar-refractivity contribution in [1.82, 2.24) is 5.32 Å². The van der Waals surface area contributed by atoms with Crippen LogP contribution in [-0.4, -0.2) is 29.6 Å². The second-order valence-corrected chi connectivity index (χ2v) is 8.06. The van der Waals surface area contributed by atoms with Crippen LogP contribution in [0.5, 0.6) is 11.5 Å². The molecule has 0 spiro atoms. The molecular weight excluding hydrogens is 454 g/mol. The van der Waals surface area contributed by atoms with Crippen LogP contribution >= 0.6 is 12.4 Å². The minimum Gasteiger partial charge on any atom is -0.422 e. The van der Waals surface area contributed by atoms with Gasteiger partial charge in [0.15, 0.2) is 11.5 Å². The van der Waals surface area contributed by atoms with Crippen molar-refractivity contribution in [1.29, 1.82) is 0 Å². The normalized spacial score (nSPS) is 11.4. The Balaban J connectivity index is 0.00000408. The SMILES string of the molecule is CC(C)NCC(O)c1ccc(OC(=O)Cc2ccccc2)c(OC(=O)Cc2ccccc2)c1.Cl. The third-order valence-corrected chi connectivity index (χ3v) is 4.90. The summed E-state index contributed by atoms with van der Waals surface area (Å²) in [6, 6.07) is 23.4. The third-order valence-electron chi connectivity index (χ3n) is 4.90. The minimum absolute atomic E-state index is 0. The fourth-order valence-electron chi connectivity index (χ4n) is 3.20. The Hall–Kier alpha value is -3.19. The van der Waals surface area contributed by atoms with Crippen LogP contribution < -0.4 is 14.8 Å². The lowest BCUT2D eigenvalue weighted by Gasteiger charge is -2.17. The Morgan fingerprint density at radius 3 is 1.79 bits per heavy atom. The molecule has 0 aliphatic carbocycles. The second kappa shape index (κ2) is 13.5. The summed E-state index contributed by atoms with van der Waals surface area (Å²) in [5.41, 5.74) is 2.17. The van der Waals surface area contributed by atoms with Crippen molar-refractivity contribution in [3.05, 3.63) is 95.6 Å². The van der Waals surface area contributed by atoms with E-state index in [-0.39, 0.29) is 42.8 Å². The van der Waals surface area contributed by atoms with E-state index in [0.717, 1.165) is 11.1 Å². The Labute approximate surface area is 206 Å². The first-order chi connectivity index (χ1) is 15.9. The average Bonchev–Trinajstić information content (AvgIpc) is 2.79. The molecule has 0 heterocycles. The molecule has 0 aliphatic rings. The summed E-state index contributed by atoms with van der Waals surface area (Å²) in [6.45, 7) is 4.31. The molecule has 0 aliphatic heterocycles. The summed E-state index contributed by atoms with van der Waals surface area (Å²) in [5, 5.41) is 13.7. The van der Waals surface area contributed by atoms with Crippen molar-refractivity contribution < 1.29 is 24.2 Å². The van der Waals surface area contributed by atoms with Gasteiger partial charge in [-0.05, 0) is 28.8 Å². The van der Waals surface area contributed by atoms with Gasteiger partial charge >= 0.3 is 11.9 Å². The van der Waals surface area contributed by atoms with E-state index in [4.69, 9.17) is 9.47 Å². The molecule has 3 aromatic rings. The van der Waals surface area contributed by atoms with E-state index in [1.165, 1.54) is 0 Å². The summed E-state index contributed by atoms with van der Waals surface area (Å²) in [5.74, 6) is -0.742. The molecule has 1 atom stereocenters. The number of halogens is 1. The molecule has 3 aromatic carbocycles. The number of nitrogens with one attached hydrogen (secondary N) is 1. The second-order valence-electron chi connectivity index (χ2n) is 8.06. The number of carbonyl (C=O) groups is 2. The number of aliphatic hydroxyl groups excluding tert-OH is 1. The minimum atomic E-state index is -0.812. The number of hydrogen-bond donors (Lipinski definition) is 2. The van der Waals surface area contributed by atoms with Crippen molar-refractivity contribution in [2.24, 2.45) is 0 Å². The molecule has 7 heteroatoms. The van der Waals surface area contributed by atoms with Gasteiger partial charge in [0.2, 0.25) is 0 Å². The molecular formula is C27H30ClNO5. The lowest BCUT2D eigenvalue weighted by molar-refractivity contribution is -0.136. The van der Waals surface area contributed by atoms with Gasteiger partial charge < -0.3 is 19.9 Å². The quantitative estimate of drug-likeness (QED) is 0.327. The van der Waals surface area contributed by atoms with Gasteiger partial charge in [-0.3, -0.25) is 9.59 Å². The van der Waals surface area contributed by atoms with Gasteiger partial charge in [-0.2, -0.15) is 0 Å². The number of esters is 2. The highest BCUT2D eigenvalue weighted by Gasteiger charge is 2.18. The summed E-state index contributed by atoms with van der Waals surface area (Å²) in [4.78, 5) is 25.1. The Morgan fingerprint density at radius 2 is 1.29 bits per heavy atom. The summed E-state index contributed by atoms with van der Waals surface area (Å²) >= 11 is 0. The van der Waals surface area contributed by atoms with Crippen LogP contribution in [-0.2, 0) is 22.4 Å². The van der Waals surface area contributed by atoms with Crippen LogP contribution in [0.3, 0.4) is 0 Å². The van der Waals surface area contributed by atoms with Gasteiger partial charge in [-0.25, -0.2) is 0 Å². The molecule has 1 unspecified atom stereocenters. The first-order valence-electron chi connectivity index (χ1n) is 11.0. The van der Waals surface area contributed by atoms with Crippen LogP contribution in [0.25, 0.3) is 0 Å². The number of benzene rings is 3. The Bertz CT molecular complexity index is 1060. The molecule has 3 rings (SSSR count). The molecule has 34 heavy (non-hydrogen) atoms. The van der Waals surface area contributed by atoms with E-state index in [9.17, 15) is 14.7 Å². The lowest BCUT2D eigenvalue weighted by Crippen LogP contribution is -2.28. The molecule has 0 aromatic heterocycles. The van der Waals surface area contributed by atoms with E-state index >= 15 is 0 Å². The Kier molecular flexibility index (Phi) is 10.7. The highest BCUT2D eigenvalue weighted by atomic mass is 35.5. The lowest BCUT2D eigenvalue weighted by atomic mass is 10.1. The molecule has 180 valence electrons. The highest BCUT2D eigenvalue weighted by molar-refractivity contribution is 5.85. The molecule has 0 radical (unpaired) electrons. The number of rotatable bonds is 10. The molecule has 0 bridgehead atoms. The number of carbonyl (C=O) groups excluding carboxylic acids is 2. The molecule has 6 nitrogen and oxygen atoms in total. The van der Waals surface area contributed by atoms with Gasteiger partial charge in [-0.1, -0.05) is 80.6 Å². The zero-order valence-electron chi connectivity index (χ0n) is 19.3. The topological polar surface area (TPSA) is 84.9 Å². The zero-order chi connectivity index (χ0) is 23.6. The number of ether oxygens (including phenoxy) is 2. The maximum absolute atomic E-state index is 12.6. The number of hydrogen-bond acceptors (Lipinski definition) is 6. The van der Waals surface area contributed by atoms with E-state index in [1.807, 2.05) is 74.5 Å². The predicted molar refractivity (Wildman–Crippen MR) is 133 cm³/mol. The smallest absolute Gasteiger partial charge is 0.315 e. The van der Waals surface area contributed by atoms with Gasteiger partial charge in [-0.15, -0.1) is 12.4 Å². The summed E-state index contributed by atoms with van der Waals surface area (Å²) in [7, 11) is 0. The maximum Gasteiger partial charge on any atom is 0.315 e. The van der Waals surface area contributed by atoms with Crippen LogP contribution in [0.2, 0.25) is 0 Å². The molecule has 0 amide bonds. The van der Waals surface area contributed by atoms with Gasteiger partial charge in [0.05, 0.1) is 18.9 Å². The van der Waals surface area contributed by atoms with Crippen LogP contribution in [0.15, 0.2) is 78.9 Å². The van der Waals surface area contributed by atoms with E-state index in [0.29, 0.717) is 12.1 Å². The first kappa shape index (κ1) is 27.1. The van der Waals surface area contributed by atoms with Gasteiger partial charge in [0, 0.05) is 12.6 Å².